The Morgan fingerprint density at radius 2 is 0.537 bits per heavy atom. The van der Waals surface area contributed by atoms with E-state index in [4.69, 9.17) is 57.2 Å². The van der Waals surface area contributed by atoms with Gasteiger partial charge in [0, 0.05) is 18.3 Å². The fourth-order valence-electron chi connectivity index (χ4n) is 5.75. The van der Waals surface area contributed by atoms with Crippen molar-refractivity contribution in [3.8, 4) is 0 Å². The van der Waals surface area contributed by atoms with Gasteiger partial charge in [0.1, 0.15) is 52.9 Å². The number of aliphatic hydroxyl groups excluding tert-OH is 1. The van der Waals surface area contributed by atoms with Crippen molar-refractivity contribution < 1.29 is 174 Å². The molecular formula is C44H64F18O20. The van der Waals surface area contributed by atoms with Gasteiger partial charge in [0.2, 0.25) is 0 Å². The molecule has 0 aromatic carbocycles. The number of carbonyl (C=O) groups excluding carboxylic acids is 4. The highest BCUT2D eigenvalue weighted by molar-refractivity contribution is 5.60. The maximum Gasteiger partial charge on any atom is 0.508 e. The fourth-order valence-corrected chi connectivity index (χ4v) is 5.75. The van der Waals surface area contributed by atoms with E-state index in [0.29, 0.717) is 6.42 Å². The largest absolute Gasteiger partial charge is 0.508 e. The number of rotatable bonds is 47. The first kappa shape index (κ1) is 77.5. The standard InChI is InChI=1S/C44H64F18O20/c1-2-36(29-72-8-5-63,30-73-17-23-81-34(66)79-21-15-70-11-9-68-13-19-77-32(64)75-6-3-37(45,46)25-39(49,50)27-41(53,54)43(57,58)59)31-74-18-24-82-35(67)80-22-16-71-12-10-69-14-20-78-33(65)76-7-4-38(47,48)26-40(51,52)28-42(55,56)44(60,61)62/h63H,2-31H2,1H3. The van der Waals surface area contributed by atoms with E-state index in [1.54, 1.807) is 6.92 Å². The molecule has 20 nitrogen and oxygen atoms in total. The third kappa shape index (κ3) is 38.4. The van der Waals surface area contributed by atoms with Crippen LogP contribution in [0, 0.1) is 5.41 Å². The number of hydrogen-bond donors (Lipinski definition) is 1. The number of alkyl halides is 18. The van der Waals surface area contributed by atoms with Gasteiger partial charge in [-0.1, -0.05) is 6.92 Å². The molecule has 82 heavy (non-hydrogen) atoms. The lowest BCUT2D eigenvalue weighted by molar-refractivity contribution is -0.304. The minimum atomic E-state index is -6.38. The van der Waals surface area contributed by atoms with Gasteiger partial charge in [0.25, 0.3) is 23.7 Å². The summed E-state index contributed by atoms with van der Waals surface area (Å²) in [5.41, 5.74) is -0.766. The van der Waals surface area contributed by atoms with Gasteiger partial charge >= 0.3 is 48.8 Å². The van der Waals surface area contributed by atoms with E-state index in [0.717, 1.165) is 0 Å². The van der Waals surface area contributed by atoms with Gasteiger partial charge in [-0.2, -0.15) is 43.9 Å². The molecule has 0 amide bonds. The summed E-state index contributed by atoms with van der Waals surface area (Å²) in [6, 6.07) is 0. The average molecular weight is 1250 g/mol. The first-order valence-electron chi connectivity index (χ1n) is 24.2. The Bertz CT molecular complexity index is 1650. The van der Waals surface area contributed by atoms with Crippen LogP contribution in [0.2, 0.25) is 0 Å². The molecule has 0 radical (unpaired) electrons. The van der Waals surface area contributed by atoms with Crippen molar-refractivity contribution in [3.63, 3.8) is 0 Å². The summed E-state index contributed by atoms with van der Waals surface area (Å²) >= 11 is 0. The second-order valence-electron chi connectivity index (χ2n) is 17.0. The quantitative estimate of drug-likeness (QED) is 0.0259. The predicted octanol–water partition coefficient (Wildman–Crippen LogP) is 9.38. The van der Waals surface area contributed by atoms with Crippen molar-refractivity contribution in [2.75, 3.05) is 152 Å². The number of aliphatic hydroxyl groups is 1. The zero-order valence-electron chi connectivity index (χ0n) is 43.7. The van der Waals surface area contributed by atoms with Crippen molar-refractivity contribution in [1.29, 1.82) is 0 Å². The van der Waals surface area contributed by atoms with Gasteiger partial charge in [0.05, 0.1) is 125 Å². The Morgan fingerprint density at radius 3 is 0.780 bits per heavy atom. The molecule has 0 heterocycles. The summed E-state index contributed by atoms with van der Waals surface area (Å²) in [4.78, 5) is 46.8. The van der Waals surface area contributed by atoms with Gasteiger partial charge in [-0.25, -0.2) is 54.3 Å². The highest BCUT2D eigenvalue weighted by Crippen LogP contribution is 2.47. The monoisotopic (exact) mass is 1250 g/mol. The number of ether oxygens (including phenoxy) is 15. The average Bonchev–Trinajstić information content (AvgIpc) is 3.38. The molecule has 0 rings (SSSR count). The summed E-state index contributed by atoms with van der Waals surface area (Å²) < 4.78 is 308. The van der Waals surface area contributed by atoms with Gasteiger partial charge in [-0.15, -0.1) is 0 Å². The van der Waals surface area contributed by atoms with Crippen LogP contribution in [0.4, 0.5) is 98.2 Å². The Labute approximate surface area is 456 Å². The van der Waals surface area contributed by atoms with Crippen molar-refractivity contribution in [2.45, 2.75) is 99.8 Å². The molecule has 1 N–H and O–H groups in total. The van der Waals surface area contributed by atoms with Crippen molar-refractivity contribution in [1.82, 2.24) is 0 Å². The van der Waals surface area contributed by atoms with Gasteiger partial charge in [-0.3, -0.25) is 0 Å². The lowest BCUT2D eigenvalue weighted by Gasteiger charge is -2.32. The molecular weight excluding hydrogens is 1190 g/mol. The predicted molar refractivity (Wildman–Crippen MR) is 234 cm³/mol. The van der Waals surface area contributed by atoms with Crippen LogP contribution < -0.4 is 0 Å². The van der Waals surface area contributed by atoms with Crippen LogP contribution >= 0.6 is 0 Å². The first-order valence-corrected chi connectivity index (χ1v) is 24.2. The number of carbonyl (C=O) groups is 4. The second-order valence-corrected chi connectivity index (χ2v) is 17.0. The maximum absolute atomic E-state index is 13.7. The molecule has 0 saturated carbocycles. The van der Waals surface area contributed by atoms with Crippen LogP contribution in [0.15, 0.2) is 0 Å². The first-order chi connectivity index (χ1) is 37.9. The minimum Gasteiger partial charge on any atom is -0.434 e. The van der Waals surface area contributed by atoms with E-state index >= 15 is 0 Å². The van der Waals surface area contributed by atoms with Gasteiger partial charge in [0.15, 0.2) is 0 Å². The molecule has 0 aliphatic heterocycles. The number of hydrogen-bond acceptors (Lipinski definition) is 20. The highest BCUT2D eigenvalue weighted by atomic mass is 19.4. The topological polar surface area (TPSA) is 227 Å². The van der Waals surface area contributed by atoms with Crippen molar-refractivity contribution in [3.05, 3.63) is 0 Å². The van der Waals surface area contributed by atoms with Crippen molar-refractivity contribution >= 4 is 24.6 Å². The molecule has 0 bridgehead atoms. The van der Waals surface area contributed by atoms with Crippen LogP contribution in [0.3, 0.4) is 0 Å². The normalized spacial score (nSPS) is 13.2. The Morgan fingerprint density at radius 1 is 0.305 bits per heavy atom. The van der Waals surface area contributed by atoms with Crippen LogP contribution in [-0.2, 0) is 71.1 Å². The SMILES string of the molecule is CCC(COCCO)(COCCOC(=O)OCCOCCOCCOC(=O)OCCC(F)(F)CC(F)(F)CC(F)(F)C(F)(F)F)COCCOC(=O)OCCOCCOCCOC(=O)OCCC(F)(F)CC(F)(F)CC(F)(F)C(F)(F)F. The summed E-state index contributed by atoms with van der Waals surface area (Å²) in [6.07, 6.45) is -32.5. The third-order valence-corrected chi connectivity index (χ3v) is 9.84. The van der Waals surface area contributed by atoms with Crippen LogP contribution in [0.1, 0.15) is 51.9 Å². The summed E-state index contributed by atoms with van der Waals surface area (Å²) in [5.74, 6) is -31.0. The molecule has 486 valence electrons. The summed E-state index contributed by atoms with van der Waals surface area (Å²) in [5, 5.41) is 9.14. The number of halogens is 18. The van der Waals surface area contributed by atoms with E-state index in [1.807, 2.05) is 0 Å². The molecule has 0 aromatic heterocycles. The van der Waals surface area contributed by atoms with Crippen LogP contribution in [0.5, 0.6) is 0 Å². The lowest BCUT2D eigenvalue weighted by Crippen LogP contribution is -2.43. The zero-order valence-corrected chi connectivity index (χ0v) is 43.7. The van der Waals surface area contributed by atoms with Gasteiger partial charge in [-0.05, 0) is 6.42 Å². The van der Waals surface area contributed by atoms with E-state index in [2.05, 4.69) is 18.9 Å². The molecule has 0 atom stereocenters. The highest BCUT2D eigenvalue weighted by Gasteiger charge is 2.64. The fraction of sp³-hybridized carbons (Fsp3) is 0.909. The molecule has 0 unspecified atom stereocenters. The van der Waals surface area contributed by atoms with Crippen molar-refractivity contribution in [2.24, 2.45) is 5.41 Å². The maximum atomic E-state index is 13.7. The Hall–Kier alpha value is -4.50. The Balaban J connectivity index is 4.13. The minimum absolute atomic E-state index is 0.000515. The van der Waals surface area contributed by atoms with Crippen LogP contribution in [0.25, 0.3) is 0 Å². The zero-order chi connectivity index (χ0) is 62.6. The van der Waals surface area contributed by atoms with E-state index in [1.165, 1.54) is 0 Å². The van der Waals surface area contributed by atoms with E-state index < -0.39 is 143 Å². The Kier molecular flexibility index (Phi) is 36.3. The summed E-state index contributed by atoms with van der Waals surface area (Å²) in [6.45, 7) is -3.95. The summed E-state index contributed by atoms with van der Waals surface area (Å²) in [7, 11) is 0. The molecule has 38 heteroatoms. The smallest absolute Gasteiger partial charge is 0.434 e. The molecule has 0 fully saturated rings. The third-order valence-electron chi connectivity index (χ3n) is 9.84. The van der Waals surface area contributed by atoms with E-state index in [9.17, 15) is 98.2 Å². The molecule has 0 aromatic rings. The van der Waals surface area contributed by atoms with Crippen LogP contribution in [-0.4, -0.2) is 230 Å². The lowest BCUT2D eigenvalue weighted by atomic mass is 9.88. The molecule has 0 saturated heterocycles. The molecule has 0 aliphatic rings. The second kappa shape index (κ2) is 38.4. The van der Waals surface area contributed by atoms with Gasteiger partial charge < -0.3 is 76.2 Å². The molecule has 0 spiro atoms. The molecule has 0 aliphatic carbocycles. The van der Waals surface area contributed by atoms with E-state index in [-0.39, 0.29) is 126 Å².